The number of fused-ring (bicyclic) bond motifs is 1. The van der Waals surface area contributed by atoms with E-state index in [1.165, 1.54) is 0 Å². The van der Waals surface area contributed by atoms with Gasteiger partial charge in [0.2, 0.25) is 0 Å². The first-order valence-electron chi connectivity index (χ1n) is 8.93. The van der Waals surface area contributed by atoms with Crippen LogP contribution in [0.1, 0.15) is 11.1 Å². The highest BCUT2D eigenvalue weighted by atomic mass is 19.1. The van der Waals surface area contributed by atoms with Crippen LogP contribution in [0, 0.1) is 12.7 Å². The van der Waals surface area contributed by atoms with E-state index in [1.54, 1.807) is 12.1 Å². The van der Waals surface area contributed by atoms with E-state index in [9.17, 15) is 4.39 Å². The maximum Gasteiger partial charge on any atom is 0.131 e. The second kappa shape index (κ2) is 6.83. The van der Waals surface area contributed by atoms with E-state index in [1.807, 2.05) is 49.4 Å². The maximum atomic E-state index is 14.2. The third-order valence-electron chi connectivity index (χ3n) is 4.97. The molecule has 3 aromatic carbocycles. The molecule has 1 heterocycles. The van der Waals surface area contributed by atoms with Crippen molar-refractivity contribution in [3.63, 3.8) is 0 Å². The van der Waals surface area contributed by atoms with E-state index < -0.39 is 0 Å². The van der Waals surface area contributed by atoms with Gasteiger partial charge in [-0.05, 0) is 42.3 Å². The van der Waals surface area contributed by atoms with Crippen molar-refractivity contribution in [2.24, 2.45) is 0 Å². The molecule has 0 bridgehead atoms. The average molecular weight is 347 g/mol. The number of aryl methyl sites for hydroxylation is 1. The number of para-hydroxylation sites is 1. The molecule has 0 radical (unpaired) electrons. The first-order chi connectivity index (χ1) is 12.6. The normalized spacial score (nSPS) is 15.4. The number of likely N-dealkylation sites (N-methyl/N-ethyl adjacent to an activating group) is 1. The summed E-state index contributed by atoms with van der Waals surface area (Å²) < 4.78 is 20.5. The molecule has 132 valence electrons. The smallest absolute Gasteiger partial charge is 0.131 e. The Morgan fingerprint density at radius 3 is 2.50 bits per heavy atom. The summed E-state index contributed by atoms with van der Waals surface area (Å²) in [5, 5.41) is 0. The molecule has 0 amide bonds. The van der Waals surface area contributed by atoms with E-state index >= 15 is 0 Å². The molecular formula is C23H22FNO. The molecule has 4 rings (SSSR count). The molecule has 0 aromatic heterocycles. The Morgan fingerprint density at radius 2 is 1.73 bits per heavy atom. The summed E-state index contributed by atoms with van der Waals surface area (Å²) in [6, 6.07) is 21.5. The Kier molecular flexibility index (Phi) is 4.37. The van der Waals surface area contributed by atoms with Crippen molar-refractivity contribution in [3.05, 3.63) is 83.7 Å². The van der Waals surface area contributed by atoms with Gasteiger partial charge in [-0.25, -0.2) is 4.39 Å². The van der Waals surface area contributed by atoms with Crippen LogP contribution < -0.4 is 9.64 Å². The monoisotopic (exact) mass is 347 g/mol. The Labute approximate surface area is 153 Å². The summed E-state index contributed by atoms with van der Waals surface area (Å²) >= 11 is 0. The molecule has 0 spiro atoms. The highest BCUT2D eigenvalue weighted by Gasteiger charge is 2.28. The second-order valence-electron chi connectivity index (χ2n) is 6.92. The van der Waals surface area contributed by atoms with Gasteiger partial charge in [-0.3, -0.25) is 0 Å². The number of halogens is 1. The SMILES string of the molecule is Cc1ccccc1-c1cc(F)cc2c1OC(CN(C)c1ccccc1)C2. The van der Waals surface area contributed by atoms with Gasteiger partial charge in [0.1, 0.15) is 17.7 Å². The summed E-state index contributed by atoms with van der Waals surface area (Å²) in [7, 11) is 2.06. The lowest BCUT2D eigenvalue weighted by atomic mass is 9.97. The van der Waals surface area contributed by atoms with Crippen molar-refractivity contribution in [1.29, 1.82) is 0 Å². The van der Waals surface area contributed by atoms with Crippen LogP contribution in [-0.2, 0) is 6.42 Å². The lowest BCUT2D eigenvalue weighted by molar-refractivity contribution is 0.240. The number of benzene rings is 3. The number of anilines is 1. The van der Waals surface area contributed by atoms with E-state index in [0.717, 1.165) is 46.7 Å². The van der Waals surface area contributed by atoms with Gasteiger partial charge in [-0.15, -0.1) is 0 Å². The van der Waals surface area contributed by atoms with Crippen LogP contribution >= 0.6 is 0 Å². The quantitative estimate of drug-likeness (QED) is 0.640. The third kappa shape index (κ3) is 3.17. The molecule has 3 heteroatoms. The first kappa shape index (κ1) is 16.6. The minimum Gasteiger partial charge on any atom is -0.487 e. The van der Waals surface area contributed by atoms with E-state index in [-0.39, 0.29) is 11.9 Å². The summed E-state index contributed by atoms with van der Waals surface area (Å²) in [4.78, 5) is 2.18. The molecule has 1 aliphatic rings. The van der Waals surface area contributed by atoms with E-state index in [2.05, 4.69) is 24.1 Å². The zero-order valence-electron chi connectivity index (χ0n) is 15.1. The minimum absolute atomic E-state index is 0.0137. The van der Waals surface area contributed by atoms with Crippen molar-refractivity contribution in [1.82, 2.24) is 0 Å². The molecule has 26 heavy (non-hydrogen) atoms. The minimum atomic E-state index is -0.206. The second-order valence-corrected chi connectivity index (χ2v) is 6.92. The topological polar surface area (TPSA) is 12.5 Å². The molecule has 1 atom stereocenters. The van der Waals surface area contributed by atoms with Crippen LogP contribution in [0.5, 0.6) is 5.75 Å². The van der Waals surface area contributed by atoms with Gasteiger partial charge in [0, 0.05) is 30.3 Å². The largest absolute Gasteiger partial charge is 0.487 e. The van der Waals surface area contributed by atoms with Crippen LogP contribution in [0.15, 0.2) is 66.7 Å². The van der Waals surface area contributed by atoms with E-state index in [0.29, 0.717) is 0 Å². The van der Waals surface area contributed by atoms with Gasteiger partial charge in [-0.1, -0.05) is 42.5 Å². The van der Waals surface area contributed by atoms with Crippen LogP contribution in [-0.4, -0.2) is 19.7 Å². The number of rotatable bonds is 4. The Balaban J connectivity index is 1.61. The van der Waals surface area contributed by atoms with Crippen LogP contribution in [0.25, 0.3) is 11.1 Å². The predicted octanol–water partition coefficient (Wildman–Crippen LogP) is 5.24. The molecule has 0 N–H and O–H groups in total. The molecule has 0 aliphatic carbocycles. The van der Waals surface area contributed by atoms with Gasteiger partial charge in [0.25, 0.3) is 0 Å². The molecule has 1 aliphatic heterocycles. The lowest BCUT2D eigenvalue weighted by Crippen LogP contribution is -2.31. The van der Waals surface area contributed by atoms with Crippen molar-refractivity contribution >= 4 is 5.69 Å². The number of ether oxygens (including phenoxy) is 1. The van der Waals surface area contributed by atoms with Gasteiger partial charge in [-0.2, -0.15) is 0 Å². The van der Waals surface area contributed by atoms with Crippen LogP contribution in [0.4, 0.5) is 10.1 Å². The lowest BCUT2D eigenvalue weighted by Gasteiger charge is -2.23. The molecular weight excluding hydrogens is 325 g/mol. The van der Waals surface area contributed by atoms with Crippen LogP contribution in [0.3, 0.4) is 0 Å². The van der Waals surface area contributed by atoms with Crippen molar-refractivity contribution in [2.75, 3.05) is 18.5 Å². The Hall–Kier alpha value is -2.81. The molecule has 0 saturated heterocycles. The predicted molar refractivity (Wildman–Crippen MR) is 104 cm³/mol. The first-order valence-corrected chi connectivity index (χ1v) is 8.93. The third-order valence-corrected chi connectivity index (χ3v) is 4.97. The Morgan fingerprint density at radius 1 is 1.00 bits per heavy atom. The van der Waals surface area contributed by atoms with Crippen LogP contribution in [0.2, 0.25) is 0 Å². The van der Waals surface area contributed by atoms with Crippen molar-refractivity contribution in [2.45, 2.75) is 19.4 Å². The summed E-state index contributed by atoms with van der Waals surface area (Å²) in [6.07, 6.45) is 0.739. The standard InChI is InChI=1S/C23H22FNO/c1-16-8-6-7-11-21(16)22-14-18(24)12-17-13-20(26-23(17)22)15-25(2)19-9-4-3-5-10-19/h3-12,14,20H,13,15H2,1-2H3. The fourth-order valence-corrected chi connectivity index (χ4v) is 3.66. The number of nitrogens with zero attached hydrogens (tertiary/aromatic N) is 1. The summed E-state index contributed by atoms with van der Waals surface area (Å²) in [5.74, 6) is 0.620. The fourth-order valence-electron chi connectivity index (χ4n) is 3.66. The van der Waals surface area contributed by atoms with Gasteiger partial charge >= 0.3 is 0 Å². The molecule has 1 unspecified atom stereocenters. The molecule has 0 saturated carbocycles. The molecule has 2 nitrogen and oxygen atoms in total. The number of hydrogen-bond acceptors (Lipinski definition) is 2. The van der Waals surface area contributed by atoms with Gasteiger partial charge < -0.3 is 9.64 Å². The Bertz CT molecular complexity index is 923. The average Bonchev–Trinajstić information content (AvgIpc) is 3.04. The highest BCUT2D eigenvalue weighted by Crippen LogP contribution is 2.41. The van der Waals surface area contributed by atoms with Crippen molar-refractivity contribution in [3.8, 4) is 16.9 Å². The van der Waals surface area contributed by atoms with Gasteiger partial charge in [0.05, 0.1) is 6.54 Å². The fraction of sp³-hybridized carbons (Fsp3) is 0.217. The van der Waals surface area contributed by atoms with Crippen molar-refractivity contribution < 1.29 is 9.13 Å². The molecule has 0 fully saturated rings. The molecule has 3 aromatic rings. The highest BCUT2D eigenvalue weighted by molar-refractivity contribution is 5.75. The number of hydrogen-bond donors (Lipinski definition) is 0. The van der Waals surface area contributed by atoms with Gasteiger partial charge in [0.15, 0.2) is 0 Å². The maximum absolute atomic E-state index is 14.2. The summed E-state index contributed by atoms with van der Waals surface area (Å²) in [5.41, 5.74) is 5.10. The zero-order chi connectivity index (χ0) is 18.1. The zero-order valence-corrected chi connectivity index (χ0v) is 15.1. The summed E-state index contributed by atoms with van der Waals surface area (Å²) in [6.45, 7) is 2.80. The van der Waals surface area contributed by atoms with E-state index in [4.69, 9.17) is 4.74 Å².